The molecule has 0 unspecified atom stereocenters. The number of nitrogens with two attached hydrogens (primary N) is 1. The van der Waals surface area contributed by atoms with Crippen LogP contribution in [0.25, 0.3) is 5.82 Å². The Morgan fingerprint density at radius 1 is 1.33 bits per heavy atom. The second-order valence-electron chi connectivity index (χ2n) is 4.86. The first-order valence-electron chi connectivity index (χ1n) is 6.91. The highest BCUT2D eigenvalue weighted by Crippen LogP contribution is 2.15. The quantitative estimate of drug-likeness (QED) is 0.572. The molecule has 2 N–H and O–H groups in total. The minimum Gasteiger partial charge on any atom is -0.378 e. The van der Waals surface area contributed by atoms with Crippen LogP contribution in [0, 0.1) is 12.7 Å². The molecule has 2 heterocycles. The zero-order chi connectivity index (χ0) is 17.1. The number of hydrogen-bond acceptors (Lipinski definition) is 8. The summed E-state index contributed by atoms with van der Waals surface area (Å²) >= 11 is 0. The smallest absolute Gasteiger partial charge is 0.243 e. The summed E-state index contributed by atoms with van der Waals surface area (Å²) in [7, 11) is 0. The van der Waals surface area contributed by atoms with Crippen LogP contribution in [0.3, 0.4) is 0 Å². The molecule has 0 aliphatic carbocycles. The van der Waals surface area contributed by atoms with Crippen molar-refractivity contribution >= 4 is 17.7 Å². The fourth-order valence-electron chi connectivity index (χ4n) is 2.01. The monoisotopic (exact) mass is 328 g/mol. The highest BCUT2D eigenvalue weighted by Gasteiger charge is 2.17. The van der Waals surface area contributed by atoms with Gasteiger partial charge in [0.1, 0.15) is 11.5 Å². The molecule has 0 bridgehead atoms. The van der Waals surface area contributed by atoms with Gasteiger partial charge in [0.15, 0.2) is 0 Å². The molecule has 3 rings (SSSR count). The first kappa shape index (κ1) is 15.5. The molecule has 0 amide bonds. The van der Waals surface area contributed by atoms with E-state index in [0.717, 1.165) is 0 Å². The molecular weight excluding hydrogens is 315 g/mol. The molecule has 122 valence electrons. The summed E-state index contributed by atoms with van der Waals surface area (Å²) in [5, 5.41) is 23.0. The molecule has 3 aromatic rings. The topological polar surface area (TPSA) is 120 Å². The van der Waals surface area contributed by atoms with E-state index in [-0.39, 0.29) is 17.5 Å². The normalized spacial score (nSPS) is 12.2. The minimum atomic E-state index is -0.370. The van der Waals surface area contributed by atoms with Gasteiger partial charge in [-0.1, -0.05) is 23.4 Å². The van der Waals surface area contributed by atoms with Crippen LogP contribution in [0.2, 0.25) is 0 Å². The summed E-state index contributed by atoms with van der Waals surface area (Å²) in [5.41, 5.74) is 7.63. The highest BCUT2D eigenvalue weighted by molar-refractivity contribution is 5.98. The van der Waals surface area contributed by atoms with Crippen molar-refractivity contribution in [3.05, 3.63) is 47.0 Å². The standard InChI is InChI=1S/C14H13FN8O/c1-8(18-17-7-10-5-3-4-6-11(10)15)12-9(2)23(22-19-12)14-13(16)20-24-21-14/h3-7H,1-2H3,(H2,16,20)/b17-7+,18-8+. The van der Waals surface area contributed by atoms with E-state index in [1.807, 2.05) is 0 Å². The van der Waals surface area contributed by atoms with Crippen LogP contribution in [-0.2, 0) is 0 Å². The molecule has 0 aliphatic heterocycles. The molecule has 0 saturated carbocycles. The molecule has 0 spiro atoms. The average Bonchev–Trinajstić information content (AvgIpc) is 3.14. The van der Waals surface area contributed by atoms with Crippen LogP contribution >= 0.6 is 0 Å². The Morgan fingerprint density at radius 3 is 2.83 bits per heavy atom. The van der Waals surface area contributed by atoms with E-state index in [9.17, 15) is 4.39 Å². The largest absolute Gasteiger partial charge is 0.378 e. The van der Waals surface area contributed by atoms with E-state index >= 15 is 0 Å². The summed E-state index contributed by atoms with van der Waals surface area (Å²) in [5.74, 6) is -0.0270. The Kier molecular flexibility index (Phi) is 4.10. The van der Waals surface area contributed by atoms with Gasteiger partial charge in [-0.2, -0.15) is 14.9 Å². The van der Waals surface area contributed by atoms with Crippen LogP contribution < -0.4 is 5.73 Å². The van der Waals surface area contributed by atoms with Gasteiger partial charge < -0.3 is 5.73 Å². The molecule has 2 aromatic heterocycles. The van der Waals surface area contributed by atoms with Crippen molar-refractivity contribution in [2.45, 2.75) is 13.8 Å². The lowest BCUT2D eigenvalue weighted by atomic mass is 10.2. The Morgan fingerprint density at radius 2 is 2.12 bits per heavy atom. The number of anilines is 1. The zero-order valence-corrected chi connectivity index (χ0v) is 12.9. The zero-order valence-electron chi connectivity index (χ0n) is 12.9. The van der Waals surface area contributed by atoms with Gasteiger partial charge in [-0.25, -0.2) is 9.02 Å². The van der Waals surface area contributed by atoms with Gasteiger partial charge in [-0.3, -0.25) is 0 Å². The SMILES string of the molecule is C/C(=N\N=C\c1ccccc1F)c1nnn(-c2nonc2N)c1C. The summed E-state index contributed by atoms with van der Waals surface area (Å²) in [6.45, 7) is 3.48. The molecule has 24 heavy (non-hydrogen) atoms. The van der Waals surface area contributed by atoms with Crippen molar-refractivity contribution in [1.82, 2.24) is 25.3 Å². The maximum Gasteiger partial charge on any atom is 0.243 e. The fraction of sp³-hybridized carbons (Fsp3) is 0.143. The molecule has 0 fully saturated rings. The third kappa shape index (κ3) is 2.89. The van der Waals surface area contributed by atoms with E-state index in [0.29, 0.717) is 22.7 Å². The number of aromatic nitrogens is 5. The first-order chi connectivity index (χ1) is 11.6. The fourth-order valence-corrected chi connectivity index (χ4v) is 2.01. The Hall–Kier alpha value is -3.43. The van der Waals surface area contributed by atoms with Crippen LogP contribution in [-0.4, -0.2) is 37.2 Å². The predicted octanol–water partition coefficient (Wildman–Crippen LogP) is 1.52. The van der Waals surface area contributed by atoms with E-state index < -0.39 is 0 Å². The van der Waals surface area contributed by atoms with E-state index in [1.165, 1.54) is 17.0 Å². The van der Waals surface area contributed by atoms with Gasteiger partial charge in [-0.15, -0.1) is 5.10 Å². The maximum absolute atomic E-state index is 13.5. The average molecular weight is 328 g/mol. The van der Waals surface area contributed by atoms with E-state index in [4.69, 9.17) is 5.73 Å². The number of hydrogen-bond donors (Lipinski definition) is 1. The van der Waals surface area contributed by atoms with Gasteiger partial charge >= 0.3 is 0 Å². The Bertz CT molecular complexity index is 927. The molecule has 0 saturated heterocycles. The molecule has 9 nitrogen and oxygen atoms in total. The Labute approximate surface area is 135 Å². The lowest BCUT2D eigenvalue weighted by Gasteiger charge is -1.98. The van der Waals surface area contributed by atoms with Gasteiger partial charge in [0, 0.05) is 5.56 Å². The first-order valence-corrected chi connectivity index (χ1v) is 6.91. The lowest BCUT2D eigenvalue weighted by Crippen LogP contribution is -2.04. The summed E-state index contributed by atoms with van der Waals surface area (Å²) < 4.78 is 19.4. The van der Waals surface area contributed by atoms with Crippen LogP contribution in [0.4, 0.5) is 10.2 Å². The molecule has 10 heteroatoms. The number of benzene rings is 1. The maximum atomic E-state index is 13.5. The Balaban J connectivity index is 1.86. The number of halogens is 1. The molecule has 1 aromatic carbocycles. The lowest BCUT2D eigenvalue weighted by molar-refractivity contribution is 0.306. The predicted molar refractivity (Wildman–Crippen MR) is 84.6 cm³/mol. The summed E-state index contributed by atoms with van der Waals surface area (Å²) in [6, 6.07) is 6.27. The molecule has 0 atom stereocenters. The van der Waals surface area contributed by atoms with Gasteiger partial charge in [0.25, 0.3) is 0 Å². The number of nitrogen functional groups attached to an aromatic ring is 1. The highest BCUT2D eigenvalue weighted by atomic mass is 19.1. The third-order valence-corrected chi connectivity index (χ3v) is 3.24. The summed E-state index contributed by atoms with van der Waals surface area (Å²) in [4.78, 5) is 0. The molecular formula is C14H13FN8O. The number of rotatable bonds is 4. The van der Waals surface area contributed by atoms with Crippen molar-refractivity contribution in [3.63, 3.8) is 0 Å². The van der Waals surface area contributed by atoms with Crippen LogP contribution in [0.1, 0.15) is 23.9 Å². The minimum absolute atomic E-state index is 0.0988. The van der Waals surface area contributed by atoms with Crippen LogP contribution in [0.5, 0.6) is 0 Å². The van der Waals surface area contributed by atoms with Crippen molar-refractivity contribution in [2.75, 3.05) is 5.73 Å². The second kappa shape index (κ2) is 6.36. The van der Waals surface area contributed by atoms with Crippen molar-refractivity contribution in [3.8, 4) is 5.82 Å². The van der Waals surface area contributed by atoms with Gasteiger partial charge in [0.05, 0.1) is 17.6 Å². The molecule has 0 aliphatic rings. The van der Waals surface area contributed by atoms with Crippen molar-refractivity contribution < 1.29 is 9.02 Å². The van der Waals surface area contributed by atoms with Gasteiger partial charge in [0.2, 0.25) is 11.6 Å². The second-order valence-corrected chi connectivity index (χ2v) is 4.86. The van der Waals surface area contributed by atoms with Gasteiger partial charge in [-0.05, 0) is 30.2 Å². The van der Waals surface area contributed by atoms with E-state index in [1.54, 1.807) is 32.0 Å². The third-order valence-electron chi connectivity index (χ3n) is 3.24. The van der Waals surface area contributed by atoms with E-state index in [2.05, 4.69) is 35.5 Å². The molecule has 0 radical (unpaired) electrons. The van der Waals surface area contributed by atoms with Crippen molar-refractivity contribution in [1.29, 1.82) is 0 Å². The number of nitrogens with zero attached hydrogens (tertiary/aromatic N) is 7. The van der Waals surface area contributed by atoms with Crippen molar-refractivity contribution in [2.24, 2.45) is 10.2 Å². The summed E-state index contributed by atoms with van der Waals surface area (Å²) in [6.07, 6.45) is 1.33. The van der Waals surface area contributed by atoms with Crippen LogP contribution in [0.15, 0.2) is 39.1 Å².